The van der Waals surface area contributed by atoms with E-state index in [-0.39, 0.29) is 24.7 Å². The van der Waals surface area contributed by atoms with E-state index in [4.69, 9.17) is 21.1 Å². The van der Waals surface area contributed by atoms with Crippen molar-refractivity contribution in [1.82, 2.24) is 14.7 Å². The number of hydrogen-bond acceptors (Lipinski definition) is 5. The van der Waals surface area contributed by atoms with E-state index in [9.17, 15) is 9.59 Å². The molecular formula is C21H24ClN3O4. The van der Waals surface area contributed by atoms with Gasteiger partial charge in [-0.2, -0.15) is 5.10 Å². The number of aryl methyl sites for hydroxylation is 1. The maximum atomic E-state index is 12.3. The largest absolute Gasteiger partial charge is 0.452 e. The van der Waals surface area contributed by atoms with Crippen LogP contribution in [-0.2, 0) is 19.1 Å². The maximum absolute atomic E-state index is 12.3. The molecule has 0 N–H and O–H groups in total. The Morgan fingerprint density at radius 3 is 2.55 bits per heavy atom. The van der Waals surface area contributed by atoms with Crippen molar-refractivity contribution in [1.29, 1.82) is 0 Å². The predicted molar refractivity (Wildman–Crippen MR) is 110 cm³/mol. The number of esters is 1. The average Bonchev–Trinajstić information content (AvgIpc) is 2.98. The summed E-state index contributed by atoms with van der Waals surface area (Å²) >= 11 is 6.43. The second kappa shape index (κ2) is 9.24. The van der Waals surface area contributed by atoms with E-state index in [0.717, 1.165) is 5.69 Å². The molecule has 2 atom stereocenters. The van der Waals surface area contributed by atoms with Gasteiger partial charge < -0.3 is 14.4 Å². The van der Waals surface area contributed by atoms with Gasteiger partial charge in [0.1, 0.15) is 5.15 Å². The van der Waals surface area contributed by atoms with E-state index in [1.54, 1.807) is 22.6 Å². The Morgan fingerprint density at radius 1 is 1.24 bits per heavy atom. The van der Waals surface area contributed by atoms with Crippen molar-refractivity contribution < 1.29 is 19.1 Å². The third-order valence-corrected chi connectivity index (χ3v) is 4.91. The summed E-state index contributed by atoms with van der Waals surface area (Å²) in [5.74, 6) is -0.851. The van der Waals surface area contributed by atoms with Crippen molar-refractivity contribution in [3.63, 3.8) is 0 Å². The molecule has 0 spiro atoms. The van der Waals surface area contributed by atoms with Gasteiger partial charge in [-0.15, -0.1) is 0 Å². The van der Waals surface area contributed by atoms with Gasteiger partial charge in [-0.3, -0.25) is 4.79 Å². The molecule has 2 aromatic rings. The van der Waals surface area contributed by atoms with E-state index in [0.29, 0.717) is 29.5 Å². The summed E-state index contributed by atoms with van der Waals surface area (Å²) in [6, 6.07) is 9.47. The summed E-state index contributed by atoms with van der Waals surface area (Å²) in [6.45, 7) is 6.30. The van der Waals surface area contributed by atoms with E-state index in [1.807, 2.05) is 44.2 Å². The van der Waals surface area contributed by atoms with Gasteiger partial charge in [0.2, 0.25) is 0 Å². The summed E-state index contributed by atoms with van der Waals surface area (Å²) in [4.78, 5) is 26.0. The van der Waals surface area contributed by atoms with Gasteiger partial charge in [0.15, 0.2) is 6.61 Å². The number of nitrogens with zero attached hydrogens (tertiary/aromatic N) is 3. The molecule has 1 saturated heterocycles. The van der Waals surface area contributed by atoms with Crippen LogP contribution < -0.4 is 0 Å². The minimum absolute atomic E-state index is 0.0374. The number of rotatable bonds is 5. The highest BCUT2D eigenvalue weighted by molar-refractivity contribution is 6.31. The Bertz CT molecular complexity index is 900. The number of hydrogen-bond donors (Lipinski definition) is 0. The standard InChI is InChI=1S/C21H24ClN3O4/c1-14-11-24(12-15(2)29-14)19(26)13-28-20(27)10-9-18-16(3)23-25(21(18)22)17-7-5-4-6-8-17/h4-10,14-15H,11-13H2,1-3H3/b10-9+/t14-,15+. The summed E-state index contributed by atoms with van der Waals surface area (Å²) < 4.78 is 12.3. The lowest BCUT2D eigenvalue weighted by Crippen LogP contribution is -2.49. The number of aromatic nitrogens is 2. The van der Waals surface area contributed by atoms with Crippen molar-refractivity contribution in [2.75, 3.05) is 19.7 Å². The zero-order chi connectivity index (χ0) is 21.0. The number of morpholine rings is 1. The van der Waals surface area contributed by atoms with Crippen LogP contribution in [0.5, 0.6) is 0 Å². The third kappa shape index (κ3) is 5.25. The van der Waals surface area contributed by atoms with Crippen molar-refractivity contribution in [3.8, 4) is 5.69 Å². The Morgan fingerprint density at radius 2 is 1.90 bits per heavy atom. The van der Waals surface area contributed by atoms with Crippen LogP contribution in [0.4, 0.5) is 0 Å². The molecule has 2 heterocycles. The minimum atomic E-state index is -0.615. The lowest BCUT2D eigenvalue weighted by atomic mass is 10.2. The second-order valence-electron chi connectivity index (χ2n) is 7.03. The normalized spacial score (nSPS) is 19.5. The molecule has 154 valence electrons. The first-order valence-electron chi connectivity index (χ1n) is 9.43. The van der Waals surface area contributed by atoms with Gasteiger partial charge >= 0.3 is 5.97 Å². The van der Waals surface area contributed by atoms with E-state index in [2.05, 4.69) is 5.10 Å². The maximum Gasteiger partial charge on any atom is 0.331 e. The number of carbonyl (C=O) groups is 2. The van der Waals surface area contributed by atoms with E-state index >= 15 is 0 Å². The smallest absolute Gasteiger partial charge is 0.331 e. The summed E-state index contributed by atoms with van der Waals surface area (Å²) in [7, 11) is 0. The summed E-state index contributed by atoms with van der Waals surface area (Å²) in [5.41, 5.74) is 2.12. The molecule has 1 aliphatic rings. The molecule has 3 rings (SSSR count). The lowest BCUT2D eigenvalue weighted by Gasteiger charge is -2.35. The molecule has 1 aliphatic heterocycles. The number of benzene rings is 1. The highest BCUT2D eigenvalue weighted by Crippen LogP contribution is 2.24. The Hall–Kier alpha value is -2.64. The monoisotopic (exact) mass is 417 g/mol. The third-order valence-electron chi connectivity index (χ3n) is 4.55. The highest BCUT2D eigenvalue weighted by atomic mass is 35.5. The number of halogens is 1. The SMILES string of the molecule is Cc1nn(-c2ccccc2)c(Cl)c1/C=C/C(=O)OCC(=O)N1C[C@@H](C)O[C@@H](C)C1. The van der Waals surface area contributed by atoms with Crippen molar-refractivity contribution in [3.05, 3.63) is 52.8 Å². The lowest BCUT2D eigenvalue weighted by molar-refractivity contribution is -0.154. The topological polar surface area (TPSA) is 73.7 Å². The average molecular weight is 418 g/mol. The molecule has 1 fully saturated rings. The number of amides is 1. The van der Waals surface area contributed by atoms with Crippen LogP contribution in [-0.4, -0.2) is 58.5 Å². The van der Waals surface area contributed by atoms with Crippen LogP contribution in [0.25, 0.3) is 11.8 Å². The molecule has 0 radical (unpaired) electrons. The summed E-state index contributed by atoms with van der Waals surface area (Å²) in [6.07, 6.45) is 2.73. The number of carbonyl (C=O) groups excluding carboxylic acids is 2. The Kier molecular flexibility index (Phi) is 6.71. The molecule has 1 amide bonds. The van der Waals surface area contributed by atoms with Crippen LogP contribution in [0.2, 0.25) is 5.15 Å². The van der Waals surface area contributed by atoms with Crippen LogP contribution in [0, 0.1) is 6.92 Å². The molecule has 7 nitrogen and oxygen atoms in total. The Labute approximate surface area is 174 Å². The molecule has 29 heavy (non-hydrogen) atoms. The van der Waals surface area contributed by atoms with Crippen LogP contribution in [0.3, 0.4) is 0 Å². The van der Waals surface area contributed by atoms with Gasteiger partial charge in [0.05, 0.1) is 23.6 Å². The molecule has 0 saturated carbocycles. The fourth-order valence-corrected chi connectivity index (χ4v) is 3.58. The van der Waals surface area contributed by atoms with Gasteiger partial charge in [0, 0.05) is 24.7 Å². The fourth-order valence-electron chi connectivity index (χ4n) is 3.25. The molecular weight excluding hydrogens is 394 g/mol. The predicted octanol–water partition coefficient (Wildman–Crippen LogP) is 3.03. The molecule has 1 aromatic heterocycles. The van der Waals surface area contributed by atoms with Crippen molar-refractivity contribution in [2.24, 2.45) is 0 Å². The zero-order valence-corrected chi connectivity index (χ0v) is 17.4. The molecule has 0 unspecified atom stereocenters. The van der Waals surface area contributed by atoms with Gasteiger partial charge in [-0.05, 0) is 39.0 Å². The first-order valence-corrected chi connectivity index (χ1v) is 9.81. The number of para-hydroxylation sites is 1. The fraction of sp³-hybridized carbons (Fsp3) is 0.381. The molecule has 0 bridgehead atoms. The van der Waals surface area contributed by atoms with E-state index < -0.39 is 5.97 Å². The second-order valence-corrected chi connectivity index (χ2v) is 7.39. The van der Waals surface area contributed by atoms with E-state index in [1.165, 1.54) is 6.08 Å². The van der Waals surface area contributed by atoms with Crippen molar-refractivity contribution >= 4 is 29.6 Å². The van der Waals surface area contributed by atoms with Crippen LogP contribution in [0.15, 0.2) is 36.4 Å². The zero-order valence-electron chi connectivity index (χ0n) is 16.7. The van der Waals surface area contributed by atoms with Crippen LogP contribution >= 0.6 is 11.6 Å². The van der Waals surface area contributed by atoms with Crippen LogP contribution in [0.1, 0.15) is 25.1 Å². The molecule has 1 aromatic carbocycles. The number of ether oxygens (including phenoxy) is 2. The highest BCUT2D eigenvalue weighted by Gasteiger charge is 2.26. The van der Waals surface area contributed by atoms with Gasteiger partial charge in [0.25, 0.3) is 5.91 Å². The first kappa shape index (κ1) is 21.1. The van der Waals surface area contributed by atoms with Crippen molar-refractivity contribution in [2.45, 2.75) is 33.0 Å². The quantitative estimate of drug-likeness (QED) is 0.552. The minimum Gasteiger partial charge on any atom is -0.452 e. The molecule has 8 heteroatoms. The first-order chi connectivity index (χ1) is 13.8. The summed E-state index contributed by atoms with van der Waals surface area (Å²) in [5, 5.41) is 4.81. The molecule has 0 aliphatic carbocycles. The van der Waals surface area contributed by atoms with Gasteiger partial charge in [-0.25, -0.2) is 9.48 Å². The Balaban J connectivity index is 1.60. The van der Waals surface area contributed by atoms with Gasteiger partial charge in [-0.1, -0.05) is 29.8 Å².